The molecule has 0 radical (unpaired) electrons. The van der Waals surface area contributed by atoms with Crippen molar-refractivity contribution >= 4 is 52.5 Å². The zero-order chi connectivity index (χ0) is 17.7. The molecule has 2 aromatic heterocycles. The van der Waals surface area contributed by atoms with Gasteiger partial charge in [-0.1, -0.05) is 49.3 Å². The molecule has 126 valence electrons. The number of carbonyl (C=O) groups is 1. The van der Waals surface area contributed by atoms with E-state index in [0.717, 1.165) is 0 Å². The summed E-state index contributed by atoms with van der Waals surface area (Å²) >= 11 is 11.9. The highest BCUT2D eigenvalue weighted by molar-refractivity contribution is 7.99. The predicted molar refractivity (Wildman–Crippen MR) is 99.8 cm³/mol. The lowest BCUT2D eigenvalue weighted by Crippen LogP contribution is -2.07. The number of aromatic amines is 3. The van der Waals surface area contributed by atoms with Gasteiger partial charge in [0.1, 0.15) is 5.52 Å². The standard InChI is InChI=1S/C13H9ClN4O2S2.C2H6/c14-7-3-1-2-6(4-7)8(19)5-22-13-15-9-10(17-13)16-12(21)18-11(9)20;1-2/h1-4H,5H2,(H3,15,16,17,18,20,21);1-2H3. The molecule has 0 unspecified atom stereocenters. The van der Waals surface area contributed by atoms with Crippen molar-refractivity contribution in [2.24, 2.45) is 0 Å². The summed E-state index contributed by atoms with van der Waals surface area (Å²) in [4.78, 5) is 36.1. The monoisotopic (exact) mass is 382 g/mol. The number of halogens is 1. The Hall–Kier alpha value is -1.90. The van der Waals surface area contributed by atoms with E-state index in [2.05, 4.69) is 19.9 Å². The number of ketones is 1. The highest BCUT2D eigenvalue weighted by Gasteiger charge is 2.11. The molecule has 0 bridgehead atoms. The summed E-state index contributed by atoms with van der Waals surface area (Å²) in [5, 5.41) is 0.978. The molecule has 0 aliphatic carbocycles. The topological polar surface area (TPSA) is 94.4 Å². The average Bonchev–Trinajstić information content (AvgIpc) is 2.98. The molecule has 3 rings (SSSR count). The quantitative estimate of drug-likeness (QED) is 0.360. The molecule has 0 saturated carbocycles. The summed E-state index contributed by atoms with van der Waals surface area (Å²) in [6.07, 6.45) is 0. The van der Waals surface area contributed by atoms with Gasteiger partial charge in [-0.05, 0) is 24.4 Å². The molecule has 3 aromatic rings. The van der Waals surface area contributed by atoms with Crippen molar-refractivity contribution in [3.05, 3.63) is 50.0 Å². The molecule has 0 aliphatic heterocycles. The summed E-state index contributed by atoms with van der Waals surface area (Å²) in [5.41, 5.74) is 0.852. The number of hydrogen-bond donors (Lipinski definition) is 3. The fourth-order valence-electron chi connectivity index (χ4n) is 1.86. The average molecular weight is 383 g/mol. The number of H-pyrrole nitrogens is 3. The molecule has 9 heteroatoms. The van der Waals surface area contributed by atoms with Gasteiger partial charge in [-0.3, -0.25) is 14.6 Å². The van der Waals surface area contributed by atoms with Crippen LogP contribution in [0.4, 0.5) is 0 Å². The first-order chi connectivity index (χ1) is 11.5. The van der Waals surface area contributed by atoms with E-state index in [4.69, 9.17) is 23.8 Å². The molecular formula is C15H15ClN4O2S2. The lowest BCUT2D eigenvalue weighted by atomic mass is 10.1. The number of carbonyl (C=O) groups excluding carboxylic acids is 1. The van der Waals surface area contributed by atoms with Crippen LogP contribution < -0.4 is 5.56 Å². The molecule has 0 aliphatic rings. The van der Waals surface area contributed by atoms with Gasteiger partial charge in [0.2, 0.25) is 0 Å². The van der Waals surface area contributed by atoms with Gasteiger partial charge in [0.05, 0.1) is 5.75 Å². The maximum atomic E-state index is 12.1. The van der Waals surface area contributed by atoms with Gasteiger partial charge in [-0.15, -0.1) is 0 Å². The van der Waals surface area contributed by atoms with Crippen LogP contribution in [0.1, 0.15) is 24.2 Å². The van der Waals surface area contributed by atoms with Crippen molar-refractivity contribution < 1.29 is 4.79 Å². The van der Waals surface area contributed by atoms with E-state index in [1.54, 1.807) is 24.3 Å². The number of aromatic nitrogens is 4. The minimum absolute atomic E-state index is 0.0743. The lowest BCUT2D eigenvalue weighted by Gasteiger charge is -1.99. The van der Waals surface area contributed by atoms with E-state index in [9.17, 15) is 9.59 Å². The smallest absolute Gasteiger partial charge is 0.277 e. The third kappa shape index (κ3) is 4.34. The van der Waals surface area contributed by atoms with Crippen molar-refractivity contribution in [2.45, 2.75) is 19.0 Å². The van der Waals surface area contributed by atoms with Crippen molar-refractivity contribution in [1.82, 2.24) is 19.9 Å². The third-order valence-electron chi connectivity index (χ3n) is 2.85. The molecule has 2 heterocycles. The first-order valence-corrected chi connectivity index (χ1v) is 8.94. The zero-order valence-corrected chi connectivity index (χ0v) is 15.4. The largest absolute Gasteiger partial charge is 0.327 e. The Kier molecular flexibility index (Phi) is 6.36. The normalized spacial score (nSPS) is 10.3. The molecule has 6 nitrogen and oxygen atoms in total. The number of hydrogen-bond acceptors (Lipinski definition) is 5. The first kappa shape index (κ1) is 18.4. The van der Waals surface area contributed by atoms with E-state index >= 15 is 0 Å². The molecular weight excluding hydrogens is 368 g/mol. The number of nitrogens with one attached hydrogen (secondary N) is 3. The van der Waals surface area contributed by atoms with Crippen molar-refractivity contribution in [3.8, 4) is 0 Å². The summed E-state index contributed by atoms with van der Waals surface area (Å²) in [5.74, 6) is 0.105. The molecule has 0 spiro atoms. The molecule has 24 heavy (non-hydrogen) atoms. The minimum Gasteiger partial charge on any atom is -0.327 e. The SMILES string of the molecule is CC.O=C(CSc1nc2[nH]c(=S)[nH]c(=O)c2[nH]1)c1cccc(Cl)c1. The van der Waals surface area contributed by atoms with Gasteiger partial charge in [0.25, 0.3) is 5.56 Å². The highest BCUT2D eigenvalue weighted by atomic mass is 35.5. The van der Waals surface area contributed by atoms with E-state index in [0.29, 0.717) is 26.9 Å². The molecule has 0 fully saturated rings. The van der Waals surface area contributed by atoms with Gasteiger partial charge in [-0.2, -0.15) is 0 Å². The van der Waals surface area contributed by atoms with Crippen LogP contribution in [0.15, 0.2) is 34.2 Å². The van der Waals surface area contributed by atoms with Crippen LogP contribution in [0.25, 0.3) is 11.2 Å². The van der Waals surface area contributed by atoms with Crippen molar-refractivity contribution in [2.75, 3.05) is 5.75 Å². The van der Waals surface area contributed by atoms with Gasteiger partial charge in [0.15, 0.2) is 21.4 Å². The Labute approximate surface area is 152 Å². The summed E-state index contributed by atoms with van der Waals surface area (Å²) in [7, 11) is 0. The van der Waals surface area contributed by atoms with Crippen molar-refractivity contribution in [3.63, 3.8) is 0 Å². The Morgan fingerprint density at radius 2 is 2.04 bits per heavy atom. The third-order valence-corrected chi connectivity index (χ3v) is 4.17. The number of nitrogens with zero attached hydrogens (tertiary/aromatic N) is 1. The van der Waals surface area contributed by atoms with Crippen LogP contribution in [0.5, 0.6) is 0 Å². The van der Waals surface area contributed by atoms with E-state index in [1.807, 2.05) is 13.8 Å². The first-order valence-electron chi connectivity index (χ1n) is 7.17. The Morgan fingerprint density at radius 1 is 1.29 bits per heavy atom. The van der Waals surface area contributed by atoms with Gasteiger partial charge >= 0.3 is 0 Å². The molecule has 0 amide bonds. The van der Waals surface area contributed by atoms with Crippen molar-refractivity contribution in [1.29, 1.82) is 0 Å². The van der Waals surface area contributed by atoms with E-state index in [1.165, 1.54) is 11.8 Å². The van der Waals surface area contributed by atoms with Gasteiger partial charge in [0, 0.05) is 10.6 Å². The molecule has 1 aromatic carbocycles. The second-order valence-electron chi connectivity index (χ2n) is 4.40. The fraction of sp³-hybridized carbons (Fsp3) is 0.200. The van der Waals surface area contributed by atoms with E-state index in [-0.39, 0.29) is 21.9 Å². The second-order valence-corrected chi connectivity index (χ2v) is 6.20. The zero-order valence-electron chi connectivity index (χ0n) is 13.0. The predicted octanol–water partition coefficient (Wildman–Crippen LogP) is 3.96. The number of benzene rings is 1. The Balaban J connectivity index is 0.00000100. The van der Waals surface area contributed by atoms with Crippen LogP contribution in [0, 0.1) is 4.77 Å². The number of rotatable bonds is 4. The lowest BCUT2D eigenvalue weighted by molar-refractivity contribution is 0.102. The van der Waals surface area contributed by atoms with Gasteiger partial charge in [-0.25, -0.2) is 4.98 Å². The number of fused-ring (bicyclic) bond motifs is 1. The summed E-state index contributed by atoms with van der Waals surface area (Å²) in [6.45, 7) is 4.00. The molecule has 0 atom stereocenters. The highest BCUT2D eigenvalue weighted by Crippen LogP contribution is 2.19. The minimum atomic E-state index is -0.348. The number of thioether (sulfide) groups is 1. The van der Waals surface area contributed by atoms with Crippen LogP contribution >= 0.6 is 35.6 Å². The molecule has 0 saturated heterocycles. The Bertz CT molecular complexity index is 977. The van der Waals surface area contributed by atoms with E-state index < -0.39 is 0 Å². The maximum absolute atomic E-state index is 12.1. The maximum Gasteiger partial charge on any atom is 0.277 e. The van der Waals surface area contributed by atoms with Gasteiger partial charge < -0.3 is 9.97 Å². The Morgan fingerprint density at radius 3 is 2.75 bits per heavy atom. The molecule has 3 N–H and O–H groups in total. The second kappa shape index (κ2) is 8.27. The summed E-state index contributed by atoms with van der Waals surface area (Å²) in [6, 6.07) is 6.75. The number of Topliss-reactive ketones (excluding diaryl/α,β-unsaturated/α-hetero) is 1. The van der Waals surface area contributed by atoms with Crippen LogP contribution in [0.2, 0.25) is 5.02 Å². The number of imidazole rings is 1. The van der Waals surface area contributed by atoms with Crippen LogP contribution in [0.3, 0.4) is 0 Å². The van der Waals surface area contributed by atoms with Crippen LogP contribution in [-0.2, 0) is 0 Å². The fourth-order valence-corrected chi connectivity index (χ4v) is 3.00. The van der Waals surface area contributed by atoms with Crippen LogP contribution in [-0.4, -0.2) is 31.5 Å². The summed E-state index contributed by atoms with van der Waals surface area (Å²) < 4.78 is 0.204.